The number of amides is 1. The van der Waals surface area contributed by atoms with Gasteiger partial charge in [0.25, 0.3) is 10.0 Å². The van der Waals surface area contributed by atoms with Crippen molar-refractivity contribution < 1.29 is 17.9 Å². The minimum atomic E-state index is -3.96. The van der Waals surface area contributed by atoms with Crippen LogP contribution in [0.4, 0.5) is 5.69 Å². The van der Waals surface area contributed by atoms with Crippen molar-refractivity contribution in [2.45, 2.75) is 38.1 Å². The number of nitrogens with zero attached hydrogens (tertiary/aromatic N) is 1. The maximum Gasteiger partial charge on any atom is 0.264 e. The van der Waals surface area contributed by atoms with Crippen LogP contribution in [0.3, 0.4) is 0 Å². The SMILES string of the molecule is COc1ccc(C)cc1N(CC(=O)NC(C)(C)C)S(=O)(=O)c1ccccc1. The summed E-state index contributed by atoms with van der Waals surface area (Å²) in [4.78, 5) is 12.7. The Morgan fingerprint density at radius 3 is 2.30 bits per heavy atom. The molecule has 0 spiro atoms. The number of hydrogen-bond acceptors (Lipinski definition) is 4. The van der Waals surface area contributed by atoms with Gasteiger partial charge in [-0.1, -0.05) is 24.3 Å². The lowest BCUT2D eigenvalue weighted by atomic mass is 10.1. The number of anilines is 1. The van der Waals surface area contributed by atoms with E-state index in [0.717, 1.165) is 9.87 Å². The summed E-state index contributed by atoms with van der Waals surface area (Å²) in [6.07, 6.45) is 0. The van der Waals surface area contributed by atoms with Crippen molar-refractivity contribution in [1.82, 2.24) is 5.32 Å². The van der Waals surface area contributed by atoms with Gasteiger partial charge in [-0.2, -0.15) is 0 Å². The Kier molecular flexibility index (Phi) is 6.15. The molecule has 0 aromatic heterocycles. The zero-order valence-corrected chi connectivity index (χ0v) is 17.1. The van der Waals surface area contributed by atoms with E-state index < -0.39 is 21.5 Å². The van der Waals surface area contributed by atoms with Gasteiger partial charge in [0.15, 0.2) is 0 Å². The lowest BCUT2D eigenvalue weighted by Gasteiger charge is -2.28. The van der Waals surface area contributed by atoms with Crippen LogP contribution in [-0.2, 0) is 14.8 Å². The van der Waals surface area contributed by atoms with Gasteiger partial charge in [-0.25, -0.2) is 8.42 Å². The lowest BCUT2D eigenvalue weighted by Crippen LogP contribution is -2.47. The average molecular weight is 391 g/mol. The third-order valence-electron chi connectivity index (χ3n) is 3.74. The Morgan fingerprint density at radius 1 is 1.11 bits per heavy atom. The highest BCUT2D eigenvalue weighted by molar-refractivity contribution is 7.92. The van der Waals surface area contributed by atoms with E-state index in [0.29, 0.717) is 11.4 Å². The summed E-state index contributed by atoms with van der Waals surface area (Å²) in [6, 6.07) is 13.3. The zero-order chi connectivity index (χ0) is 20.2. The monoisotopic (exact) mass is 390 g/mol. The number of carbonyl (C=O) groups excluding carboxylic acids is 1. The summed E-state index contributed by atoms with van der Waals surface area (Å²) in [6.45, 7) is 7.02. The van der Waals surface area contributed by atoms with Gasteiger partial charge in [-0.05, 0) is 57.5 Å². The van der Waals surface area contributed by atoms with E-state index >= 15 is 0 Å². The second-order valence-electron chi connectivity index (χ2n) is 7.30. The molecule has 7 heteroatoms. The molecule has 0 radical (unpaired) electrons. The molecule has 0 aliphatic rings. The Balaban J connectivity index is 2.56. The Hall–Kier alpha value is -2.54. The molecule has 1 N–H and O–H groups in total. The van der Waals surface area contributed by atoms with Gasteiger partial charge in [0.2, 0.25) is 5.91 Å². The van der Waals surface area contributed by atoms with E-state index in [4.69, 9.17) is 4.74 Å². The molecule has 0 fully saturated rings. The van der Waals surface area contributed by atoms with Gasteiger partial charge in [-0.15, -0.1) is 0 Å². The third kappa shape index (κ3) is 5.23. The zero-order valence-electron chi connectivity index (χ0n) is 16.3. The van der Waals surface area contributed by atoms with Crippen LogP contribution in [0.15, 0.2) is 53.4 Å². The summed E-state index contributed by atoms with van der Waals surface area (Å²) >= 11 is 0. The third-order valence-corrected chi connectivity index (χ3v) is 5.51. The second kappa shape index (κ2) is 8.00. The van der Waals surface area contributed by atoms with Crippen molar-refractivity contribution in [3.8, 4) is 5.75 Å². The van der Waals surface area contributed by atoms with Crippen LogP contribution in [0.25, 0.3) is 0 Å². The number of aryl methyl sites for hydroxylation is 1. The maximum absolute atomic E-state index is 13.3. The van der Waals surface area contributed by atoms with Crippen molar-refractivity contribution in [1.29, 1.82) is 0 Å². The number of ether oxygens (including phenoxy) is 1. The van der Waals surface area contributed by atoms with Crippen LogP contribution in [0.5, 0.6) is 5.75 Å². The first kappa shape index (κ1) is 20.8. The first-order chi connectivity index (χ1) is 12.5. The highest BCUT2D eigenvalue weighted by Gasteiger charge is 2.30. The molecule has 146 valence electrons. The predicted octanol–water partition coefficient (Wildman–Crippen LogP) is 3.11. The van der Waals surface area contributed by atoms with Gasteiger partial charge < -0.3 is 10.1 Å². The van der Waals surface area contributed by atoms with Crippen LogP contribution in [0.1, 0.15) is 26.3 Å². The summed E-state index contributed by atoms with van der Waals surface area (Å²) in [5.74, 6) is -0.0192. The molecule has 1 amide bonds. The largest absolute Gasteiger partial charge is 0.495 e. The first-order valence-corrected chi connectivity index (χ1v) is 10.0. The molecule has 27 heavy (non-hydrogen) atoms. The molecule has 0 heterocycles. The van der Waals surface area contributed by atoms with Crippen LogP contribution >= 0.6 is 0 Å². The van der Waals surface area contributed by atoms with Crippen molar-refractivity contribution in [2.24, 2.45) is 0 Å². The number of carbonyl (C=O) groups is 1. The molecule has 0 saturated carbocycles. The maximum atomic E-state index is 13.3. The number of methoxy groups -OCH3 is 1. The fourth-order valence-electron chi connectivity index (χ4n) is 2.60. The van der Waals surface area contributed by atoms with Crippen LogP contribution in [0, 0.1) is 6.92 Å². The molecule has 0 aliphatic heterocycles. The average Bonchev–Trinajstić information content (AvgIpc) is 2.59. The van der Waals surface area contributed by atoms with Gasteiger partial charge in [-0.3, -0.25) is 9.10 Å². The smallest absolute Gasteiger partial charge is 0.264 e. The van der Waals surface area contributed by atoms with Crippen molar-refractivity contribution in [3.63, 3.8) is 0 Å². The molecule has 0 unspecified atom stereocenters. The molecule has 0 bridgehead atoms. The fourth-order valence-corrected chi connectivity index (χ4v) is 4.05. The highest BCUT2D eigenvalue weighted by atomic mass is 32.2. The highest BCUT2D eigenvalue weighted by Crippen LogP contribution is 2.33. The van der Waals surface area contributed by atoms with E-state index in [9.17, 15) is 13.2 Å². The fraction of sp³-hybridized carbons (Fsp3) is 0.350. The quantitative estimate of drug-likeness (QED) is 0.822. The first-order valence-electron chi connectivity index (χ1n) is 8.58. The topological polar surface area (TPSA) is 75.7 Å². The lowest BCUT2D eigenvalue weighted by molar-refractivity contribution is -0.121. The van der Waals surface area contributed by atoms with E-state index in [1.54, 1.807) is 30.3 Å². The number of benzene rings is 2. The molecule has 0 atom stereocenters. The number of hydrogen-bond donors (Lipinski definition) is 1. The Morgan fingerprint density at radius 2 is 1.74 bits per heavy atom. The minimum Gasteiger partial charge on any atom is -0.495 e. The van der Waals surface area contributed by atoms with Crippen LogP contribution < -0.4 is 14.4 Å². The van der Waals surface area contributed by atoms with Crippen molar-refractivity contribution in [3.05, 3.63) is 54.1 Å². The standard InChI is InChI=1S/C20H26N2O4S/c1-15-11-12-18(26-5)17(13-15)22(14-19(23)21-20(2,3)4)27(24,25)16-9-7-6-8-10-16/h6-13H,14H2,1-5H3,(H,21,23). The number of sulfonamides is 1. The van der Waals surface area contributed by atoms with E-state index in [-0.39, 0.29) is 11.4 Å². The Labute approximate surface area is 161 Å². The summed E-state index contributed by atoms with van der Waals surface area (Å²) in [5.41, 5.74) is 0.705. The molecule has 0 aliphatic carbocycles. The van der Waals surface area contributed by atoms with Crippen molar-refractivity contribution in [2.75, 3.05) is 18.0 Å². The molecule has 2 rings (SSSR count). The summed E-state index contributed by atoms with van der Waals surface area (Å²) < 4.78 is 33.1. The van der Waals surface area contributed by atoms with Gasteiger partial charge in [0.05, 0.1) is 17.7 Å². The van der Waals surface area contributed by atoms with Crippen LogP contribution in [0.2, 0.25) is 0 Å². The molecule has 2 aromatic carbocycles. The molecule has 0 saturated heterocycles. The Bertz CT molecular complexity index is 903. The van der Waals surface area contributed by atoms with E-state index in [2.05, 4.69) is 5.32 Å². The summed E-state index contributed by atoms with van der Waals surface area (Å²) in [7, 11) is -2.49. The minimum absolute atomic E-state index is 0.108. The normalized spacial score (nSPS) is 11.7. The van der Waals surface area contributed by atoms with Gasteiger partial charge in [0, 0.05) is 5.54 Å². The predicted molar refractivity (Wildman–Crippen MR) is 107 cm³/mol. The van der Waals surface area contributed by atoms with Crippen LogP contribution in [-0.4, -0.2) is 33.5 Å². The molecular weight excluding hydrogens is 364 g/mol. The summed E-state index contributed by atoms with van der Waals surface area (Å²) in [5, 5.41) is 2.81. The van der Waals surface area contributed by atoms with E-state index in [1.165, 1.54) is 19.2 Å². The molecular formula is C20H26N2O4S. The van der Waals surface area contributed by atoms with Crippen molar-refractivity contribution >= 4 is 21.6 Å². The molecule has 2 aromatic rings. The van der Waals surface area contributed by atoms with E-state index in [1.807, 2.05) is 33.8 Å². The molecule has 6 nitrogen and oxygen atoms in total. The number of nitrogens with one attached hydrogen (secondary N) is 1. The number of rotatable bonds is 6. The second-order valence-corrected chi connectivity index (χ2v) is 9.16. The van der Waals surface area contributed by atoms with Gasteiger partial charge >= 0.3 is 0 Å². The van der Waals surface area contributed by atoms with Gasteiger partial charge in [0.1, 0.15) is 12.3 Å².